The molecule has 0 aliphatic heterocycles. The molecule has 0 fully saturated rings. The summed E-state index contributed by atoms with van der Waals surface area (Å²) in [7, 11) is -5.90. The average molecular weight is 650 g/mol. The van der Waals surface area contributed by atoms with Crippen molar-refractivity contribution in [2.24, 2.45) is 0 Å². The van der Waals surface area contributed by atoms with E-state index in [1.54, 1.807) is 18.2 Å². The topological polar surface area (TPSA) is 66.4 Å². The van der Waals surface area contributed by atoms with Crippen LogP contribution in [0.25, 0.3) is 56.0 Å². The minimum absolute atomic E-state index is 0.128. The van der Waals surface area contributed by atoms with Crippen LogP contribution in [0.2, 0.25) is 0 Å². The summed E-state index contributed by atoms with van der Waals surface area (Å²) in [5.74, 6) is -10.7. The van der Waals surface area contributed by atoms with E-state index in [9.17, 15) is 21.8 Å². The fourth-order valence-corrected chi connectivity index (χ4v) is 7.39. The molecule has 0 aromatic heterocycles. The number of rotatable bonds is 5. The van der Waals surface area contributed by atoms with Gasteiger partial charge in [0.2, 0.25) is 17.4 Å². The quantitative estimate of drug-likeness (QED) is 0.106. The zero-order chi connectivity index (χ0) is 32.6. The van der Waals surface area contributed by atoms with Crippen LogP contribution in [0.5, 0.6) is 11.5 Å². The van der Waals surface area contributed by atoms with Gasteiger partial charge in [0.1, 0.15) is 20.8 Å². The summed E-state index contributed by atoms with van der Waals surface area (Å²) < 4.78 is 101. The van der Waals surface area contributed by atoms with Gasteiger partial charge in [0, 0.05) is 11.1 Å². The minimum Gasteiger partial charge on any atom is -0.744 e. The Balaban J connectivity index is 1.43. The standard InChI is InChI=1S/C38H22F4O4S/c39-32-34(41)38(47(43,44)45)35(42)33(40)37(32)46-36-26(25-18-23-11-2-6-20-7-3-12-24(19-25)30(20)23)13-5-15-29(36)27-17-16-22-9-1-8-21-10-4-14-28(27)31(21)22/h1-6,8-9,11-19H,7,10H2,(H,43,44,45)/p-1. The SMILES string of the molecule is O=S(=O)([O-])c1c(F)c(F)c(Oc2c(-c3cc4c5c(cccc5c3)CC=C4)cccc2-c2ccc3cccc4c3c2C=CC4)c(F)c1F. The maximum atomic E-state index is 15.5. The van der Waals surface area contributed by atoms with Gasteiger partial charge >= 0.3 is 0 Å². The molecule has 47 heavy (non-hydrogen) atoms. The van der Waals surface area contributed by atoms with Crippen molar-refractivity contribution in [2.45, 2.75) is 17.7 Å². The third-order valence-corrected chi connectivity index (χ3v) is 9.63. The highest BCUT2D eigenvalue weighted by Gasteiger charge is 2.32. The first-order chi connectivity index (χ1) is 22.6. The molecule has 0 bridgehead atoms. The molecule has 4 nitrogen and oxygen atoms in total. The molecular weight excluding hydrogens is 628 g/mol. The van der Waals surface area contributed by atoms with Crippen LogP contribution in [0.1, 0.15) is 22.3 Å². The Hall–Kier alpha value is -5.25. The molecule has 0 spiro atoms. The maximum Gasteiger partial charge on any atom is 0.205 e. The van der Waals surface area contributed by atoms with Crippen molar-refractivity contribution in [2.75, 3.05) is 0 Å². The molecule has 0 unspecified atom stereocenters. The number of hydrogen-bond acceptors (Lipinski definition) is 4. The summed E-state index contributed by atoms with van der Waals surface area (Å²) in [4.78, 5) is -2.25. The lowest BCUT2D eigenvalue weighted by Crippen LogP contribution is -2.11. The second-order valence-electron chi connectivity index (χ2n) is 11.5. The summed E-state index contributed by atoms with van der Waals surface area (Å²) >= 11 is 0. The predicted octanol–water partition coefficient (Wildman–Crippen LogP) is 9.72. The van der Waals surface area contributed by atoms with E-state index < -0.39 is 44.0 Å². The fourth-order valence-electron chi connectivity index (χ4n) is 6.77. The highest BCUT2D eigenvalue weighted by molar-refractivity contribution is 7.85. The first-order valence-electron chi connectivity index (χ1n) is 14.7. The number of halogens is 4. The number of benzene rings is 6. The average Bonchev–Trinajstić information content (AvgIpc) is 3.06. The second-order valence-corrected chi connectivity index (χ2v) is 12.8. The monoisotopic (exact) mass is 649 g/mol. The van der Waals surface area contributed by atoms with Crippen molar-refractivity contribution in [3.8, 4) is 33.8 Å². The Morgan fingerprint density at radius 3 is 1.98 bits per heavy atom. The number of hydrogen-bond donors (Lipinski definition) is 0. The molecule has 0 N–H and O–H groups in total. The van der Waals surface area contributed by atoms with E-state index in [0.29, 0.717) is 28.7 Å². The Labute approximate surface area is 266 Å². The van der Waals surface area contributed by atoms with Crippen LogP contribution in [-0.4, -0.2) is 13.0 Å². The largest absolute Gasteiger partial charge is 0.744 e. The van der Waals surface area contributed by atoms with Gasteiger partial charge in [-0.2, -0.15) is 8.78 Å². The maximum absolute atomic E-state index is 15.5. The third-order valence-electron chi connectivity index (χ3n) is 8.78. The molecule has 6 aromatic rings. The molecule has 8 rings (SSSR count). The van der Waals surface area contributed by atoms with Gasteiger partial charge in [0.25, 0.3) is 0 Å². The highest BCUT2D eigenvalue weighted by Crippen LogP contribution is 2.48. The van der Waals surface area contributed by atoms with Crippen molar-refractivity contribution in [3.05, 3.63) is 137 Å². The van der Waals surface area contributed by atoms with Crippen LogP contribution >= 0.6 is 0 Å². The van der Waals surface area contributed by atoms with Crippen LogP contribution in [-0.2, 0) is 23.0 Å². The van der Waals surface area contributed by atoms with Crippen LogP contribution in [0.3, 0.4) is 0 Å². The first kappa shape index (κ1) is 29.2. The van der Waals surface area contributed by atoms with Gasteiger partial charge in [0.05, 0.1) is 0 Å². The summed E-state index contributed by atoms with van der Waals surface area (Å²) in [5, 5.41) is 3.93. The van der Waals surface area contributed by atoms with Crippen molar-refractivity contribution < 1.29 is 35.3 Å². The van der Waals surface area contributed by atoms with E-state index >= 15 is 8.78 Å². The van der Waals surface area contributed by atoms with Crippen LogP contribution in [0.4, 0.5) is 17.6 Å². The van der Waals surface area contributed by atoms with E-state index in [2.05, 4.69) is 0 Å². The van der Waals surface area contributed by atoms with Gasteiger partial charge in [-0.15, -0.1) is 0 Å². The van der Waals surface area contributed by atoms with E-state index in [-0.39, 0.29) is 5.75 Å². The lowest BCUT2D eigenvalue weighted by atomic mass is 9.85. The second kappa shape index (κ2) is 10.7. The minimum atomic E-state index is -5.90. The van der Waals surface area contributed by atoms with Gasteiger partial charge < -0.3 is 9.29 Å². The third kappa shape index (κ3) is 4.57. The Morgan fingerprint density at radius 1 is 0.617 bits per heavy atom. The predicted molar refractivity (Wildman–Crippen MR) is 172 cm³/mol. The summed E-state index contributed by atoms with van der Waals surface area (Å²) in [6.07, 6.45) is 9.42. The van der Waals surface area contributed by atoms with Crippen LogP contribution < -0.4 is 4.74 Å². The highest BCUT2D eigenvalue weighted by atomic mass is 32.2. The van der Waals surface area contributed by atoms with E-state index in [4.69, 9.17) is 4.74 Å². The smallest absolute Gasteiger partial charge is 0.205 e. The lowest BCUT2D eigenvalue weighted by Gasteiger charge is -2.22. The fraction of sp³-hybridized carbons (Fsp3) is 0.0526. The Morgan fingerprint density at radius 2 is 1.26 bits per heavy atom. The van der Waals surface area contributed by atoms with Crippen molar-refractivity contribution in [3.63, 3.8) is 0 Å². The number of allylic oxidation sites excluding steroid dienone is 2. The molecule has 0 radical (unpaired) electrons. The molecule has 2 aliphatic carbocycles. The van der Waals surface area contributed by atoms with Crippen molar-refractivity contribution in [1.29, 1.82) is 0 Å². The molecule has 232 valence electrons. The molecule has 0 heterocycles. The van der Waals surface area contributed by atoms with Gasteiger partial charge in [-0.1, -0.05) is 91.0 Å². The summed E-state index contributed by atoms with van der Waals surface area (Å²) in [6, 6.07) is 24.5. The molecule has 0 atom stereocenters. The van der Waals surface area contributed by atoms with Crippen molar-refractivity contribution >= 4 is 43.8 Å². The van der Waals surface area contributed by atoms with Crippen molar-refractivity contribution in [1.82, 2.24) is 0 Å². The Kier molecular flexibility index (Phi) is 6.61. The lowest BCUT2D eigenvalue weighted by molar-refractivity contribution is 0.346. The van der Waals surface area contributed by atoms with Gasteiger partial charge in [0.15, 0.2) is 11.6 Å². The summed E-state index contributed by atoms with van der Waals surface area (Å²) in [6.45, 7) is 0. The first-order valence-corrected chi connectivity index (χ1v) is 16.1. The molecule has 9 heteroatoms. The molecule has 0 saturated heterocycles. The number of ether oxygens (including phenoxy) is 1. The van der Waals surface area contributed by atoms with E-state index in [1.807, 2.05) is 85.0 Å². The summed E-state index contributed by atoms with van der Waals surface area (Å²) in [5.41, 5.74) is 5.87. The van der Waals surface area contributed by atoms with Crippen LogP contribution in [0, 0.1) is 23.3 Å². The van der Waals surface area contributed by atoms with Crippen LogP contribution in [0.15, 0.2) is 95.9 Å². The molecule has 0 saturated carbocycles. The van der Waals surface area contributed by atoms with E-state index in [1.165, 1.54) is 0 Å². The van der Waals surface area contributed by atoms with Gasteiger partial charge in [-0.05, 0) is 79.9 Å². The normalized spacial score (nSPS) is 13.5. The molecule has 0 amide bonds. The zero-order valence-electron chi connectivity index (χ0n) is 24.3. The molecule has 2 aliphatic rings. The van der Waals surface area contributed by atoms with E-state index in [0.717, 1.165) is 50.2 Å². The molecular formula is C38H21F4O4S-. The van der Waals surface area contributed by atoms with Gasteiger partial charge in [-0.25, -0.2) is 17.2 Å². The van der Waals surface area contributed by atoms with Gasteiger partial charge in [-0.3, -0.25) is 0 Å². The molecule has 6 aromatic carbocycles. The Bertz CT molecular complexity index is 2490. The zero-order valence-corrected chi connectivity index (χ0v) is 25.1. The number of para-hydroxylation sites is 1.